The zero-order chi connectivity index (χ0) is 13.4. The van der Waals surface area contributed by atoms with Gasteiger partial charge in [-0.3, -0.25) is 4.79 Å². The number of aromatic amines is 1. The van der Waals surface area contributed by atoms with Gasteiger partial charge in [0.2, 0.25) is 0 Å². The lowest BCUT2D eigenvalue weighted by molar-refractivity contribution is -0.114. The molecule has 1 heterocycles. The minimum atomic E-state index is 0.153. The number of allylic oxidation sites excluding steroid dienone is 1. The molecule has 0 radical (unpaired) electrons. The summed E-state index contributed by atoms with van der Waals surface area (Å²) in [5.41, 5.74) is 7.93. The van der Waals surface area contributed by atoms with Crippen LogP contribution in [0.3, 0.4) is 0 Å². The average Bonchev–Trinajstić information content (AvgIpc) is 2.86. The maximum Gasteiger partial charge on any atom is 0.155 e. The highest BCUT2D eigenvalue weighted by molar-refractivity contribution is 5.88. The lowest BCUT2D eigenvalue weighted by Crippen LogP contribution is -1.99. The summed E-state index contributed by atoms with van der Waals surface area (Å²) in [5, 5.41) is 0. The number of carbonyl (C=O) groups excluding carboxylic acids is 1. The third kappa shape index (κ3) is 4.88. The third-order valence-corrected chi connectivity index (χ3v) is 3.31. The van der Waals surface area contributed by atoms with Crippen molar-refractivity contribution in [1.82, 2.24) is 4.98 Å². The minimum Gasteiger partial charge on any atom is -0.361 e. The van der Waals surface area contributed by atoms with E-state index in [0.29, 0.717) is 18.9 Å². The van der Waals surface area contributed by atoms with Gasteiger partial charge in [0.1, 0.15) is 0 Å². The fraction of sp³-hybridized carbons (Fsp3) is 0.533. The van der Waals surface area contributed by atoms with E-state index in [2.05, 4.69) is 30.6 Å². The van der Waals surface area contributed by atoms with Crippen molar-refractivity contribution in [3.63, 3.8) is 0 Å². The molecule has 18 heavy (non-hydrogen) atoms. The first-order valence-electron chi connectivity index (χ1n) is 6.70. The van der Waals surface area contributed by atoms with Gasteiger partial charge < -0.3 is 10.7 Å². The molecule has 0 aliphatic carbocycles. The molecule has 0 aromatic carbocycles. The number of aromatic nitrogens is 1. The Hall–Kier alpha value is -1.35. The van der Waals surface area contributed by atoms with Crippen LogP contribution in [0.4, 0.5) is 0 Å². The molecular formula is C15H24N2O. The molecule has 0 amide bonds. The Kier molecular flexibility index (Phi) is 6.44. The molecule has 0 fully saturated rings. The topological polar surface area (TPSA) is 58.9 Å². The van der Waals surface area contributed by atoms with Crippen LogP contribution >= 0.6 is 0 Å². The highest BCUT2D eigenvalue weighted by Crippen LogP contribution is 2.21. The molecule has 3 N–H and O–H groups in total. The zero-order valence-electron chi connectivity index (χ0n) is 11.2. The van der Waals surface area contributed by atoms with Gasteiger partial charge in [-0.15, -0.1) is 0 Å². The molecule has 0 aliphatic heterocycles. The third-order valence-electron chi connectivity index (χ3n) is 3.31. The van der Waals surface area contributed by atoms with Crippen molar-refractivity contribution in [1.29, 1.82) is 0 Å². The maximum atomic E-state index is 11.0. The van der Waals surface area contributed by atoms with Crippen LogP contribution in [-0.2, 0) is 11.3 Å². The van der Waals surface area contributed by atoms with E-state index in [0.717, 1.165) is 31.4 Å². The van der Waals surface area contributed by atoms with Crippen molar-refractivity contribution in [3.05, 3.63) is 36.2 Å². The van der Waals surface area contributed by atoms with Crippen LogP contribution in [0.2, 0.25) is 0 Å². The smallest absolute Gasteiger partial charge is 0.155 e. The highest BCUT2D eigenvalue weighted by Gasteiger charge is 2.07. The van der Waals surface area contributed by atoms with E-state index >= 15 is 0 Å². The average molecular weight is 248 g/mol. The molecule has 0 spiro atoms. The highest BCUT2D eigenvalue weighted by atomic mass is 16.1. The van der Waals surface area contributed by atoms with Crippen LogP contribution in [0.1, 0.15) is 56.3 Å². The summed E-state index contributed by atoms with van der Waals surface area (Å²) < 4.78 is 0. The molecule has 0 bridgehead atoms. The second kappa shape index (κ2) is 7.88. The van der Waals surface area contributed by atoms with E-state index in [1.807, 2.05) is 0 Å². The van der Waals surface area contributed by atoms with Crippen molar-refractivity contribution in [3.8, 4) is 0 Å². The fourth-order valence-corrected chi connectivity index (χ4v) is 2.05. The summed E-state index contributed by atoms with van der Waals surface area (Å²) in [6.45, 7) is 6.26. The van der Waals surface area contributed by atoms with Gasteiger partial charge in [0.15, 0.2) is 5.78 Å². The molecule has 3 nitrogen and oxygen atoms in total. The lowest BCUT2D eigenvalue weighted by Gasteiger charge is -2.09. The lowest BCUT2D eigenvalue weighted by atomic mass is 9.99. The largest absolute Gasteiger partial charge is 0.361 e. The van der Waals surface area contributed by atoms with E-state index in [1.165, 1.54) is 11.8 Å². The molecule has 1 aromatic rings. The van der Waals surface area contributed by atoms with Gasteiger partial charge in [0, 0.05) is 24.4 Å². The quantitative estimate of drug-likeness (QED) is 0.520. The van der Waals surface area contributed by atoms with Gasteiger partial charge >= 0.3 is 0 Å². The predicted molar refractivity (Wildman–Crippen MR) is 75.4 cm³/mol. The van der Waals surface area contributed by atoms with Gasteiger partial charge in [-0.05, 0) is 37.0 Å². The van der Waals surface area contributed by atoms with E-state index < -0.39 is 0 Å². The van der Waals surface area contributed by atoms with Crippen LogP contribution in [0, 0.1) is 0 Å². The van der Waals surface area contributed by atoms with Gasteiger partial charge in [-0.1, -0.05) is 26.3 Å². The van der Waals surface area contributed by atoms with Crippen LogP contribution in [0.25, 0.3) is 0 Å². The van der Waals surface area contributed by atoms with Crippen molar-refractivity contribution in [2.24, 2.45) is 5.73 Å². The molecule has 100 valence electrons. The Bertz CT molecular complexity index is 382. The second-order valence-electron chi connectivity index (χ2n) is 4.81. The summed E-state index contributed by atoms with van der Waals surface area (Å²) >= 11 is 0. The molecular weight excluding hydrogens is 224 g/mol. The number of nitrogens with two attached hydrogens (primary N) is 1. The number of rotatable bonds is 9. The standard InChI is InChI=1S/C15H24N2O/c1-3-14(18)8-6-4-5-7-12(2)15-10-9-13(11-16)17-15/h3,9-10,12,17H,1,4-8,11,16H2,2H3. The summed E-state index contributed by atoms with van der Waals surface area (Å²) in [5.74, 6) is 0.681. The first kappa shape index (κ1) is 14.7. The van der Waals surface area contributed by atoms with Crippen LogP contribution in [0.15, 0.2) is 24.8 Å². The normalized spacial score (nSPS) is 12.3. The van der Waals surface area contributed by atoms with Crippen molar-refractivity contribution < 1.29 is 4.79 Å². The van der Waals surface area contributed by atoms with Gasteiger partial charge in [0.05, 0.1) is 0 Å². The maximum absolute atomic E-state index is 11.0. The summed E-state index contributed by atoms with van der Waals surface area (Å²) in [4.78, 5) is 14.4. The summed E-state index contributed by atoms with van der Waals surface area (Å²) in [6.07, 6.45) is 6.42. The van der Waals surface area contributed by atoms with Crippen LogP contribution in [-0.4, -0.2) is 10.8 Å². The van der Waals surface area contributed by atoms with Crippen molar-refractivity contribution in [2.45, 2.75) is 51.5 Å². The monoisotopic (exact) mass is 248 g/mol. The first-order chi connectivity index (χ1) is 8.67. The number of nitrogens with one attached hydrogen (secondary N) is 1. The van der Waals surface area contributed by atoms with E-state index in [-0.39, 0.29) is 5.78 Å². The van der Waals surface area contributed by atoms with Gasteiger partial charge in [-0.25, -0.2) is 0 Å². The number of unbranched alkanes of at least 4 members (excludes halogenated alkanes) is 2. The zero-order valence-corrected chi connectivity index (χ0v) is 11.2. The van der Waals surface area contributed by atoms with E-state index in [9.17, 15) is 4.79 Å². The predicted octanol–water partition coefficient (Wildman–Crippen LogP) is 3.28. The van der Waals surface area contributed by atoms with E-state index in [1.54, 1.807) is 0 Å². The molecule has 0 saturated heterocycles. The molecule has 1 aromatic heterocycles. The van der Waals surface area contributed by atoms with Gasteiger partial charge in [0.25, 0.3) is 0 Å². The minimum absolute atomic E-state index is 0.153. The number of carbonyl (C=O) groups is 1. The Labute approximate surface area is 109 Å². The SMILES string of the molecule is C=CC(=O)CCCCCC(C)c1ccc(CN)[nH]1. The molecule has 3 heteroatoms. The van der Waals surface area contributed by atoms with E-state index in [4.69, 9.17) is 5.73 Å². The van der Waals surface area contributed by atoms with Crippen molar-refractivity contribution >= 4 is 5.78 Å². The number of H-pyrrole nitrogens is 1. The second-order valence-corrected chi connectivity index (χ2v) is 4.81. The fourth-order valence-electron chi connectivity index (χ4n) is 2.05. The Morgan fingerprint density at radius 2 is 2.22 bits per heavy atom. The molecule has 0 aliphatic rings. The number of hydrogen-bond donors (Lipinski definition) is 2. The van der Waals surface area contributed by atoms with Crippen LogP contribution in [0.5, 0.6) is 0 Å². The first-order valence-corrected chi connectivity index (χ1v) is 6.70. The Morgan fingerprint density at radius 3 is 2.83 bits per heavy atom. The summed E-state index contributed by atoms with van der Waals surface area (Å²) in [7, 11) is 0. The molecule has 1 atom stereocenters. The molecule has 1 rings (SSSR count). The Morgan fingerprint density at radius 1 is 1.44 bits per heavy atom. The van der Waals surface area contributed by atoms with Crippen LogP contribution < -0.4 is 5.73 Å². The molecule has 0 saturated carbocycles. The van der Waals surface area contributed by atoms with Crippen molar-refractivity contribution in [2.75, 3.05) is 0 Å². The molecule has 1 unspecified atom stereocenters. The number of hydrogen-bond acceptors (Lipinski definition) is 2. The van der Waals surface area contributed by atoms with Gasteiger partial charge in [-0.2, -0.15) is 0 Å². The Balaban J connectivity index is 2.18. The number of ketones is 1. The summed E-state index contributed by atoms with van der Waals surface area (Å²) in [6, 6.07) is 4.17.